The van der Waals surface area contributed by atoms with Crippen molar-refractivity contribution in [3.63, 3.8) is 0 Å². The van der Waals surface area contributed by atoms with E-state index < -0.39 is 6.17 Å². The molecule has 0 N–H and O–H groups in total. The first-order chi connectivity index (χ1) is 5.33. The smallest absolute Gasteiger partial charge is 0.155 e. The Labute approximate surface area is 70.7 Å². The molecular formula is C8H13FOS. The van der Waals surface area contributed by atoms with Gasteiger partial charge in [-0.3, -0.25) is 0 Å². The van der Waals surface area contributed by atoms with Gasteiger partial charge in [-0.25, -0.2) is 4.39 Å². The Hall–Kier alpha value is -0.0500. The Morgan fingerprint density at radius 3 is 3.09 bits per heavy atom. The summed E-state index contributed by atoms with van der Waals surface area (Å²) in [4.78, 5) is 10.00. The molecule has 1 rings (SSSR count). The molecule has 0 saturated carbocycles. The van der Waals surface area contributed by atoms with E-state index in [9.17, 15) is 9.18 Å². The van der Waals surface area contributed by atoms with Crippen molar-refractivity contribution in [2.75, 3.05) is 11.5 Å². The maximum absolute atomic E-state index is 12.5. The van der Waals surface area contributed by atoms with Crippen LogP contribution in [0.15, 0.2) is 0 Å². The Kier molecular flexibility index (Phi) is 3.91. The third-order valence-corrected chi connectivity index (χ3v) is 3.25. The van der Waals surface area contributed by atoms with Crippen LogP contribution in [0.1, 0.15) is 19.3 Å². The summed E-state index contributed by atoms with van der Waals surface area (Å²) in [6, 6.07) is 0. The molecule has 0 spiro atoms. The minimum absolute atomic E-state index is 0.416. The summed E-state index contributed by atoms with van der Waals surface area (Å²) >= 11 is 1.87. The van der Waals surface area contributed by atoms with Gasteiger partial charge >= 0.3 is 0 Å². The van der Waals surface area contributed by atoms with Gasteiger partial charge in [-0.2, -0.15) is 11.8 Å². The van der Waals surface area contributed by atoms with Crippen molar-refractivity contribution in [3.8, 4) is 0 Å². The molecule has 0 amide bonds. The average Bonchev–Trinajstić information content (AvgIpc) is 2.06. The second kappa shape index (κ2) is 4.75. The summed E-state index contributed by atoms with van der Waals surface area (Å²) in [6.07, 6.45) is 1.91. The van der Waals surface area contributed by atoms with Gasteiger partial charge in [0.2, 0.25) is 0 Å². The Balaban J connectivity index is 2.18. The number of halogens is 1. The fraction of sp³-hybridized carbons (Fsp3) is 0.875. The molecule has 0 bridgehead atoms. The number of carbonyl (C=O) groups is 1. The van der Waals surface area contributed by atoms with E-state index in [1.54, 1.807) is 0 Å². The highest BCUT2D eigenvalue weighted by Crippen LogP contribution is 2.26. The van der Waals surface area contributed by atoms with Crippen molar-refractivity contribution in [1.29, 1.82) is 0 Å². The maximum Gasteiger partial charge on any atom is 0.155 e. The second-order valence-corrected chi connectivity index (χ2v) is 4.12. The van der Waals surface area contributed by atoms with E-state index in [2.05, 4.69) is 0 Å². The summed E-state index contributed by atoms with van der Waals surface area (Å²) in [5.41, 5.74) is 0. The number of hydrogen-bond donors (Lipinski definition) is 0. The monoisotopic (exact) mass is 176 g/mol. The van der Waals surface area contributed by atoms with Gasteiger partial charge in [0.15, 0.2) is 12.5 Å². The lowest BCUT2D eigenvalue weighted by Crippen LogP contribution is -2.16. The van der Waals surface area contributed by atoms with Gasteiger partial charge in [0.25, 0.3) is 0 Å². The van der Waals surface area contributed by atoms with Crippen LogP contribution in [0.3, 0.4) is 0 Å². The lowest BCUT2D eigenvalue weighted by Gasteiger charge is -2.20. The van der Waals surface area contributed by atoms with E-state index in [4.69, 9.17) is 0 Å². The molecule has 0 aliphatic carbocycles. The predicted molar refractivity (Wildman–Crippen MR) is 45.6 cm³/mol. The fourth-order valence-electron chi connectivity index (χ4n) is 1.37. The number of hydrogen-bond acceptors (Lipinski definition) is 2. The largest absolute Gasteiger partial charge is 0.300 e. The molecule has 1 fully saturated rings. The average molecular weight is 176 g/mol. The Bertz CT molecular complexity index is 123. The molecule has 1 aliphatic rings. The molecule has 0 aromatic rings. The van der Waals surface area contributed by atoms with Crippen LogP contribution in [0.5, 0.6) is 0 Å². The summed E-state index contributed by atoms with van der Waals surface area (Å²) < 4.78 is 12.5. The van der Waals surface area contributed by atoms with Crippen molar-refractivity contribution >= 4 is 18.0 Å². The molecule has 1 saturated heterocycles. The minimum Gasteiger partial charge on any atom is -0.300 e. The SMILES string of the molecule is O=CC(F)CC1CCCSC1. The van der Waals surface area contributed by atoms with Crippen LogP contribution >= 0.6 is 11.8 Å². The molecule has 1 heterocycles. The first-order valence-electron chi connectivity index (χ1n) is 4.00. The van der Waals surface area contributed by atoms with E-state index in [-0.39, 0.29) is 0 Å². The Morgan fingerprint density at radius 1 is 1.73 bits per heavy atom. The molecule has 2 atom stereocenters. The molecular weight excluding hydrogens is 163 g/mol. The molecule has 1 nitrogen and oxygen atoms in total. The summed E-state index contributed by atoms with van der Waals surface area (Å²) in [5, 5.41) is 0. The molecule has 0 aromatic heterocycles. The van der Waals surface area contributed by atoms with E-state index in [1.165, 1.54) is 12.2 Å². The lowest BCUT2D eigenvalue weighted by molar-refractivity contribution is -0.112. The highest BCUT2D eigenvalue weighted by Gasteiger charge is 2.17. The van der Waals surface area contributed by atoms with Crippen molar-refractivity contribution < 1.29 is 9.18 Å². The molecule has 11 heavy (non-hydrogen) atoms. The van der Waals surface area contributed by atoms with Crippen molar-refractivity contribution in [2.45, 2.75) is 25.4 Å². The van der Waals surface area contributed by atoms with Crippen LogP contribution in [0, 0.1) is 5.92 Å². The number of aldehydes is 1. The van der Waals surface area contributed by atoms with E-state index in [0.29, 0.717) is 18.6 Å². The van der Waals surface area contributed by atoms with Crippen LogP contribution in [0.4, 0.5) is 4.39 Å². The minimum atomic E-state index is -1.22. The number of rotatable bonds is 3. The van der Waals surface area contributed by atoms with Crippen molar-refractivity contribution in [2.24, 2.45) is 5.92 Å². The summed E-state index contributed by atoms with van der Waals surface area (Å²) in [7, 11) is 0. The van der Waals surface area contributed by atoms with Gasteiger partial charge in [-0.1, -0.05) is 0 Å². The first kappa shape index (κ1) is 9.04. The Morgan fingerprint density at radius 2 is 2.55 bits per heavy atom. The van der Waals surface area contributed by atoms with E-state index >= 15 is 0 Å². The van der Waals surface area contributed by atoms with Gasteiger partial charge in [-0.05, 0) is 36.7 Å². The zero-order valence-corrected chi connectivity index (χ0v) is 7.28. The van der Waals surface area contributed by atoms with Gasteiger partial charge in [-0.15, -0.1) is 0 Å². The normalized spacial score (nSPS) is 27.9. The van der Waals surface area contributed by atoms with Crippen LogP contribution < -0.4 is 0 Å². The second-order valence-electron chi connectivity index (χ2n) is 2.97. The van der Waals surface area contributed by atoms with Crippen LogP contribution in [-0.2, 0) is 4.79 Å². The first-order valence-corrected chi connectivity index (χ1v) is 5.15. The molecule has 1 aliphatic heterocycles. The van der Waals surface area contributed by atoms with Crippen LogP contribution in [0.25, 0.3) is 0 Å². The van der Waals surface area contributed by atoms with Gasteiger partial charge in [0.05, 0.1) is 0 Å². The van der Waals surface area contributed by atoms with Crippen molar-refractivity contribution in [3.05, 3.63) is 0 Å². The molecule has 3 heteroatoms. The standard InChI is InChI=1S/C8H13FOS/c9-8(5-10)4-7-2-1-3-11-6-7/h5,7-8H,1-4,6H2. The predicted octanol–water partition coefficient (Wildman–Crippen LogP) is 2.06. The summed E-state index contributed by atoms with van der Waals surface area (Å²) in [6.45, 7) is 0. The van der Waals surface area contributed by atoms with Gasteiger partial charge in [0, 0.05) is 0 Å². The maximum atomic E-state index is 12.5. The molecule has 2 unspecified atom stereocenters. The lowest BCUT2D eigenvalue weighted by atomic mass is 9.99. The van der Waals surface area contributed by atoms with Crippen LogP contribution in [0.2, 0.25) is 0 Å². The molecule has 0 radical (unpaired) electrons. The topological polar surface area (TPSA) is 17.1 Å². The zero-order valence-electron chi connectivity index (χ0n) is 6.46. The van der Waals surface area contributed by atoms with E-state index in [1.807, 2.05) is 11.8 Å². The number of alkyl halides is 1. The van der Waals surface area contributed by atoms with E-state index in [0.717, 1.165) is 12.2 Å². The number of carbonyl (C=O) groups excluding carboxylic acids is 1. The zero-order chi connectivity index (χ0) is 8.10. The highest BCUT2D eigenvalue weighted by atomic mass is 32.2. The third-order valence-electron chi connectivity index (χ3n) is 1.96. The van der Waals surface area contributed by atoms with Crippen LogP contribution in [-0.4, -0.2) is 24.0 Å². The number of thioether (sulfide) groups is 1. The molecule has 64 valence electrons. The third kappa shape index (κ3) is 3.23. The van der Waals surface area contributed by atoms with Gasteiger partial charge < -0.3 is 4.79 Å². The van der Waals surface area contributed by atoms with Crippen molar-refractivity contribution in [1.82, 2.24) is 0 Å². The highest BCUT2D eigenvalue weighted by molar-refractivity contribution is 7.99. The summed E-state index contributed by atoms with van der Waals surface area (Å²) in [5.74, 6) is 2.68. The fourth-order valence-corrected chi connectivity index (χ4v) is 2.54. The quantitative estimate of drug-likeness (QED) is 0.612. The van der Waals surface area contributed by atoms with Gasteiger partial charge in [0.1, 0.15) is 0 Å². The molecule has 0 aromatic carbocycles.